The second kappa shape index (κ2) is 6.85. The van der Waals surface area contributed by atoms with Crippen LogP contribution < -0.4 is 10.1 Å². The summed E-state index contributed by atoms with van der Waals surface area (Å²) in [6.45, 7) is 5.08. The van der Waals surface area contributed by atoms with E-state index in [2.05, 4.69) is 10.1 Å². The molecule has 0 saturated heterocycles. The second-order valence-corrected chi connectivity index (χ2v) is 6.82. The van der Waals surface area contributed by atoms with E-state index in [0.29, 0.717) is 6.07 Å². The number of halogens is 2. The molecule has 1 amide bonds. The van der Waals surface area contributed by atoms with E-state index in [-0.39, 0.29) is 30.8 Å². The van der Waals surface area contributed by atoms with E-state index < -0.39 is 34.8 Å². The monoisotopic (exact) mass is 357 g/mol. The summed E-state index contributed by atoms with van der Waals surface area (Å²) < 4.78 is 43.2. The number of methoxy groups -OCH3 is 1. The number of rotatable bonds is 3. The van der Waals surface area contributed by atoms with Gasteiger partial charge in [-0.15, -0.1) is 0 Å². The van der Waals surface area contributed by atoms with E-state index in [4.69, 9.17) is 9.47 Å². The summed E-state index contributed by atoms with van der Waals surface area (Å²) in [4.78, 5) is 24.2. The van der Waals surface area contributed by atoms with Crippen molar-refractivity contribution in [1.82, 2.24) is 5.32 Å². The number of carbonyl (C=O) groups excluding carboxylic acids is 2. The van der Waals surface area contributed by atoms with Crippen LogP contribution in [0.25, 0.3) is 0 Å². The van der Waals surface area contributed by atoms with Crippen molar-refractivity contribution in [2.24, 2.45) is 0 Å². The van der Waals surface area contributed by atoms with E-state index in [1.54, 1.807) is 20.8 Å². The number of hydrogen-bond acceptors (Lipinski definition) is 5. The summed E-state index contributed by atoms with van der Waals surface area (Å²) >= 11 is 0. The maximum Gasteiger partial charge on any atom is 0.408 e. The molecule has 1 N–H and O–H groups in total. The Kier molecular flexibility index (Phi) is 5.20. The fraction of sp³-hybridized carbons (Fsp3) is 0.529. The van der Waals surface area contributed by atoms with Gasteiger partial charge in [0.05, 0.1) is 31.2 Å². The van der Waals surface area contributed by atoms with Crippen LogP contribution in [0.1, 0.15) is 39.2 Å². The van der Waals surface area contributed by atoms with E-state index in [1.165, 1.54) is 7.11 Å². The third kappa shape index (κ3) is 4.37. The molecular weight excluding hydrogens is 336 g/mol. The highest BCUT2D eigenvalue weighted by Crippen LogP contribution is 2.42. The van der Waals surface area contributed by atoms with Gasteiger partial charge in [-0.3, -0.25) is 4.79 Å². The van der Waals surface area contributed by atoms with E-state index in [1.807, 2.05) is 0 Å². The lowest BCUT2D eigenvalue weighted by Gasteiger charge is -2.39. The summed E-state index contributed by atoms with van der Waals surface area (Å²) in [6.07, 6.45) is -1.08. The van der Waals surface area contributed by atoms with Crippen LogP contribution in [-0.4, -0.2) is 31.4 Å². The van der Waals surface area contributed by atoms with Crippen LogP contribution in [0.3, 0.4) is 0 Å². The first-order valence-corrected chi connectivity index (χ1v) is 7.76. The highest BCUT2D eigenvalue weighted by molar-refractivity contribution is 5.75. The molecule has 1 aromatic rings. The van der Waals surface area contributed by atoms with Crippen LogP contribution in [0.15, 0.2) is 12.1 Å². The van der Waals surface area contributed by atoms with Crippen molar-refractivity contribution in [3.63, 3.8) is 0 Å². The van der Waals surface area contributed by atoms with Crippen molar-refractivity contribution < 1.29 is 32.6 Å². The molecule has 0 fully saturated rings. The number of alkyl carbamates (subject to hydrolysis) is 1. The predicted octanol–water partition coefficient (Wildman–Crippen LogP) is 3.03. The molecule has 138 valence electrons. The molecule has 1 aliphatic heterocycles. The average molecular weight is 357 g/mol. The highest BCUT2D eigenvalue weighted by atomic mass is 19.1. The summed E-state index contributed by atoms with van der Waals surface area (Å²) in [5.74, 6) is -2.46. The number of nitrogens with one attached hydrogen (secondary N) is 1. The molecule has 0 unspecified atom stereocenters. The Morgan fingerprint density at radius 2 is 2.00 bits per heavy atom. The van der Waals surface area contributed by atoms with E-state index in [9.17, 15) is 18.4 Å². The molecule has 1 atom stereocenters. The first kappa shape index (κ1) is 19.0. The van der Waals surface area contributed by atoms with Crippen molar-refractivity contribution in [2.75, 3.05) is 13.7 Å². The van der Waals surface area contributed by atoms with Gasteiger partial charge in [-0.25, -0.2) is 13.6 Å². The highest BCUT2D eigenvalue weighted by Gasteiger charge is 2.45. The number of ether oxygens (including phenoxy) is 3. The maximum absolute atomic E-state index is 14.5. The van der Waals surface area contributed by atoms with Gasteiger partial charge in [0.2, 0.25) is 0 Å². The Bertz CT molecular complexity index is 686. The largest absolute Gasteiger partial charge is 0.493 e. The van der Waals surface area contributed by atoms with Crippen molar-refractivity contribution in [3.05, 3.63) is 29.3 Å². The lowest BCUT2D eigenvalue weighted by Crippen LogP contribution is -2.52. The van der Waals surface area contributed by atoms with E-state index in [0.717, 1.165) is 6.07 Å². The fourth-order valence-electron chi connectivity index (χ4n) is 2.75. The number of amides is 1. The molecule has 0 spiro atoms. The van der Waals surface area contributed by atoms with Crippen LogP contribution in [0.2, 0.25) is 0 Å². The smallest absolute Gasteiger partial charge is 0.408 e. The number of benzene rings is 1. The van der Waals surface area contributed by atoms with Crippen molar-refractivity contribution >= 4 is 12.1 Å². The van der Waals surface area contributed by atoms with Gasteiger partial charge >= 0.3 is 12.1 Å². The Balaban J connectivity index is 2.48. The second-order valence-electron chi connectivity index (χ2n) is 6.82. The van der Waals surface area contributed by atoms with Crippen molar-refractivity contribution in [2.45, 2.75) is 44.8 Å². The summed E-state index contributed by atoms with van der Waals surface area (Å²) in [5, 5.41) is 2.57. The first-order valence-electron chi connectivity index (χ1n) is 7.76. The quantitative estimate of drug-likeness (QED) is 0.842. The third-order valence-electron chi connectivity index (χ3n) is 3.70. The Hall–Kier alpha value is -2.38. The van der Waals surface area contributed by atoms with Crippen LogP contribution >= 0.6 is 0 Å². The number of esters is 1. The van der Waals surface area contributed by atoms with Crippen LogP contribution in [0, 0.1) is 11.6 Å². The molecule has 0 saturated carbocycles. The third-order valence-corrected chi connectivity index (χ3v) is 3.70. The minimum absolute atomic E-state index is 0.0582. The molecule has 8 heteroatoms. The molecule has 1 heterocycles. The fourth-order valence-corrected chi connectivity index (χ4v) is 2.75. The van der Waals surface area contributed by atoms with Gasteiger partial charge in [-0.1, -0.05) is 0 Å². The zero-order valence-electron chi connectivity index (χ0n) is 14.6. The Morgan fingerprint density at radius 3 is 2.60 bits per heavy atom. The summed E-state index contributed by atoms with van der Waals surface area (Å²) in [5.41, 5.74) is -2.34. The van der Waals surface area contributed by atoms with Crippen molar-refractivity contribution in [1.29, 1.82) is 0 Å². The first-order chi connectivity index (χ1) is 11.6. The Labute approximate surface area is 144 Å². The normalized spacial score (nSPS) is 19.4. The molecule has 0 bridgehead atoms. The number of fused-ring (bicyclic) bond motifs is 1. The lowest BCUT2D eigenvalue weighted by molar-refractivity contribution is -0.142. The Morgan fingerprint density at radius 1 is 1.32 bits per heavy atom. The zero-order chi connectivity index (χ0) is 18.8. The van der Waals surface area contributed by atoms with Gasteiger partial charge < -0.3 is 19.5 Å². The molecular formula is C17H21F2NO5. The molecule has 0 aromatic heterocycles. The van der Waals surface area contributed by atoms with Gasteiger partial charge in [0.1, 0.15) is 23.0 Å². The van der Waals surface area contributed by atoms with Crippen LogP contribution in [0.5, 0.6) is 5.75 Å². The van der Waals surface area contributed by atoms with Crippen molar-refractivity contribution in [3.8, 4) is 5.75 Å². The molecule has 1 aromatic carbocycles. The molecule has 25 heavy (non-hydrogen) atoms. The minimum Gasteiger partial charge on any atom is -0.493 e. The number of carbonyl (C=O) groups is 2. The van der Waals surface area contributed by atoms with Gasteiger partial charge in [-0.05, 0) is 20.8 Å². The van der Waals surface area contributed by atoms with Crippen LogP contribution in [0.4, 0.5) is 13.6 Å². The lowest BCUT2D eigenvalue weighted by atomic mass is 9.81. The molecule has 2 rings (SSSR count). The molecule has 0 radical (unpaired) electrons. The number of hydrogen-bond donors (Lipinski definition) is 1. The summed E-state index contributed by atoms with van der Waals surface area (Å²) in [7, 11) is 1.19. The SMILES string of the molecule is COC(=O)C[C@@]1(NC(=O)OC(C)(C)C)CCOc2cc(F)cc(F)c21. The minimum atomic E-state index is -1.46. The topological polar surface area (TPSA) is 73.9 Å². The van der Waals surface area contributed by atoms with E-state index >= 15 is 0 Å². The van der Waals surface area contributed by atoms with Gasteiger partial charge in [-0.2, -0.15) is 0 Å². The van der Waals surface area contributed by atoms with Gasteiger partial charge in [0.25, 0.3) is 0 Å². The summed E-state index contributed by atoms with van der Waals surface area (Å²) in [6, 6.07) is 1.69. The molecule has 1 aliphatic rings. The average Bonchev–Trinajstić information content (AvgIpc) is 2.43. The molecule has 0 aliphatic carbocycles. The van der Waals surface area contributed by atoms with Gasteiger partial charge in [0.15, 0.2) is 0 Å². The zero-order valence-corrected chi connectivity index (χ0v) is 14.6. The standard InChI is InChI=1S/C17H21F2NO5/c1-16(2,3)25-15(22)20-17(9-13(21)23-4)5-6-24-12-8-10(18)7-11(19)14(12)17/h7-8H,5-6,9H2,1-4H3,(H,20,22)/t17-/m0/s1. The van der Waals surface area contributed by atoms with Gasteiger partial charge in [0, 0.05) is 18.6 Å². The predicted molar refractivity (Wildman–Crippen MR) is 84.2 cm³/mol. The van der Waals surface area contributed by atoms with Crippen LogP contribution in [-0.2, 0) is 19.8 Å². The maximum atomic E-state index is 14.5. The molecule has 6 nitrogen and oxygen atoms in total.